The Morgan fingerprint density at radius 3 is 2.89 bits per heavy atom. The summed E-state index contributed by atoms with van der Waals surface area (Å²) in [4.78, 5) is 19.1. The van der Waals surface area contributed by atoms with E-state index in [0.29, 0.717) is 43.8 Å². The molecule has 2 unspecified atom stereocenters. The number of aliphatic hydroxyl groups excluding tert-OH is 1. The highest BCUT2D eigenvalue weighted by Crippen LogP contribution is 2.27. The van der Waals surface area contributed by atoms with E-state index in [2.05, 4.69) is 27.1 Å². The number of aliphatic hydroxyl groups is 1. The maximum Gasteiger partial charge on any atom is 0.251 e. The summed E-state index contributed by atoms with van der Waals surface area (Å²) >= 11 is 0. The van der Waals surface area contributed by atoms with Crippen LogP contribution in [0.2, 0.25) is 0 Å². The van der Waals surface area contributed by atoms with Gasteiger partial charge in [-0.15, -0.1) is 5.10 Å². The summed E-state index contributed by atoms with van der Waals surface area (Å²) in [5.41, 5.74) is 4.39. The lowest BCUT2D eigenvalue weighted by Gasteiger charge is -2.30. The quantitative estimate of drug-likeness (QED) is 0.311. The van der Waals surface area contributed by atoms with Gasteiger partial charge in [0.15, 0.2) is 5.65 Å². The van der Waals surface area contributed by atoms with E-state index in [4.69, 9.17) is 9.72 Å². The predicted molar refractivity (Wildman–Crippen MR) is 142 cm³/mol. The van der Waals surface area contributed by atoms with E-state index in [9.17, 15) is 9.90 Å². The molecule has 37 heavy (non-hydrogen) atoms. The molecule has 0 bridgehead atoms. The van der Waals surface area contributed by atoms with Crippen LogP contribution in [0.1, 0.15) is 48.5 Å². The maximum atomic E-state index is 12.5. The van der Waals surface area contributed by atoms with Gasteiger partial charge in [-0.2, -0.15) is 4.98 Å². The number of pyridine rings is 1. The first-order chi connectivity index (χ1) is 18.1. The first-order valence-corrected chi connectivity index (χ1v) is 13.1. The van der Waals surface area contributed by atoms with Gasteiger partial charge in [0.25, 0.3) is 5.91 Å². The van der Waals surface area contributed by atoms with Gasteiger partial charge in [-0.3, -0.25) is 9.69 Å². The van der Waals surface area contributed by atoms with Crippen molar-refractivity contribution in [1.82, 2.24) is 30.1 Å². The second-order valence-electron chi connectivity index (χ2n) is 9.42. The van der Waals surface area contributed by atoms with Gasteiger partial charge >= 0.3 is 0 Å². The number of carbonyl (C=O) groups is 1. The Morgan fingerprint density at radius 1 is 1.30 bits per heavy atom. The summed E-state index contributed by atoms with van der Waals surface area (Å²) in [6.07, 6.45) is 7.23. The molecule has 2 atom stereocenters. The van der Waals surface area contributed by atoms with E-state index in [1.165, 1.54) is 18.4 Å². The smallest absolute Gasteiger partial charge is 0.251 e. The van der Waals surface area contributed by atoms with E-state index in [-0.39, 0.29) is 5.91 Å². The fourth-order valence-corrected chi connectivity index (χ4v) is 4.89. The highest BCUT2D eigenvalue weighted by atomic mass is 16.6. The number of ether oxygens (including phenoxy) is 1. The molecule has 10 heteroatoms. The van der Waals surface area contributed by atoms with Gasteiger partial charge in [0.1, 0.15) is 0 Å². The van der Waals surface area contributed by atoms with Crippen LogP contribution in [0.25, 0.3) is 11.2 Å². The molecule has 2 aliphatic heterocycles. The van der Waals surface area contributed by atoms with Gasteiger partial charge in [-0.25, -0.2) is 4.52 Å². The summed E-state index contributed by atoms with van der Waals surface area (Å²) in [5, 5.41) is 24.4. The summed E-state index contributed by atoms with van der Waals surface area (Å²) in [5.74, 6) is 0.423. The Balaban J connectivity index is 1.21. The Labute approximate surface area is 216 Å². The molecule has 4 N–H and O–H groups in total. The fourth-order valence-electron chi connectivity index (χ4n) is 4.89. The van der Waals surface area contributed by atoms with Crippen LogP contribution >= 0.6 is 0 Å². The maximum absolute atomic E-state index is 12.5. The largest absolute Gasteiger partial charge is 0.356 e. The fraction of sp³-hybridized carbons (Fsp3) is 0.444. The van der Waals surface area contributed by atoms with Gasteiger partial charge < -0.3 is 25.8 Å². The number of rotatable bonds is 10. The van der Waals surface area contributed by atoms with Crippen molar-refractivity contribution >= 4 is 28.8 Å². The number of aromatic nitrogens is 3. The molecule has 0 aliphatic carbocycles. The Hall–Kier alpha value is -3.31. The highest BCUT2D eigenvalue weighted by Gasteiger charge is 2.21. The molecule has 5 rings (SSSR count). The van der Waals surface area contributed by atoms with Crippen molar-refractivity contribution in [2.45, 2.75) is 45.1 Å². The number of anilines is 2. The van der Waals surface area contributed by atoms with Crippen LogP contribution in [0.3, 0.4) is 0 Å². The zero-order valence-electron chi connectivity index (χ0n) is 21.2. The highest BCUT2D eigenvalue weighted by molar-refractivity contribution is 5.94. The number of fused-ring (bicyclic) bond motifs is 1. The van der Waals surface area contributed by atoms with E-state index in [1.54, 1.807) is 4.52 Å². The SMILES string of the molecule is CCOC(O)N1CC=C(c2cccn3nc(Nc4ccc(C(=O)NCCC5CCCN5)cc4)nc23)CC1. The zero-order chi connectivity index (χ0) is 25.6. The molecule has 0 spiro atoms. The van der Waals surface area contributed by atoms with Crippen LogP contribution in [0, 0.1) is 0 Å². The van der Waals surface area contributed by atoms with Gasteiger partial charge in [0.05, 0.1) is 0 Å². The van der Waals surface area contributed by atoms with Crippen LogP contribution in [0.4, 0.5) is 11.6 Å². The van der Waals surface area contributed by atoms with Gasteiger partial charge in [-0.05, 0) is 81.1 Å². The van der Waals surface area contributed by atoms with Crippen LogP contribution in [0.15, 0.2) is 48.7 Å². The number of hydrogen-bond donors (Lipinski definition) is 4. The molecule has 196 valence electrons. The monoisotopic (exact) mass is 505 g/mol. The predicted octanol–water partition coefficient (Wildman–Crippen LogP) is 2.75. The summed E-state index contributed by atoms with van der Waals surface area (Å²) < 4.78 is 7.07. The molecule has 1 fully saturated rings. The number of benzene rings is 1. The molecule has 0 saturated carbocycles. The molecule has 4 heterocycles. The minimum atomic E-state index is -0.880. The standard InChI is InChI=1S/C27H35N7O3/c1-2-37-27(36)33-17-12-19(13-18-33)23-6-4-16-34-24(23)31-26(32-34)30-22-9-7-20(8-10-22)25(35)29-15-11-21-5-3-14-28-21/h4,6-10,12,16,21,27-28,36H,2-3,5,11,13-15,17-18H2,1H3,(H,29,35)(H,30,32). The van der Waals surface area contributed by atoms with Crippen LogP contribution < -0.4 is 16.0 Å². The normalized spacial score (nSPS) is 19.1. The van der Waals surface area contributed by atoms with E-state index in [0.717, 1.165) is 36.3 Å². The van der Waals surface area contributed by atoms with Crippen molar-refractivity contribution in [2.24, 2.45) is 0 Å². The van der Waals surface area contributed by atoms with Crippen LogP contribution in [0.5, 0.6) is 0 Å². The van der Waals surface area contributed by atoms with E-state index >= 15 is 0 Å². The summed E-state index contributed by atoms with van der Waals surface area (Å²) in [6, 6.07) is 11.9. The molecule has 2 aliphatic rings. The number of hydrogen-bond acceptors (Lipinski definition) is 8. The third-order valence-corrected chi connectivity index (χ3v) is 6.92. The number of amides is 1. The van der Waals surface area contributed by atoms with Crippen molar-refractivity contribution in [1.29, 1.82) is 0 Å². The number of nitrogens with zero attached hydrogens (tertiary/aromatic N) is 4. The third kappa shape index (κ3) is 6.16. The number of nitrogens with one attached hydrogen (secondary N) is 3. The number of carbonyl (C=O) groups excluding carboxylic acids is 1. The van der Waals surface area contributed by atoms with Crippen LogP contribution in [-0.4, -0.2) is 75.8 Å². The second kappa shape index (κ2) is 11.8. The molecule has 3 aromatic rings. The lowest BCUT2D eigenvalue weighted by Crippen LogP contribution is -2.40. The molecule has 0 radical (unpaired) electrons. The lowest BCUT2D eigenvalue weighted by atomic mass is 10.0. The minimum absolute atomic E-state index is 0.0619. The minimum Gasteiger partial charge on any atom is -0.356 e. The van der Waals surface area contributed by atoms with Crippen LogP contribution in [-0.2, 0) is 4.74 Å². The van der Waals surface area contributed by atoms with Gasteiger partial charge in [-0.1, -0.05) is 6.08 Å². The first kappa shape index (κ1) is 25.3. The lowest BCUT2D eigenvalue weighted by molar-refractivity contribution is -0.187. The zero-order valence-corrected chi connectivity index (χ0v) is 21.2. The molecule has 2 aromatic heterocycles. The average molecular weight is 506 g/mol. The van der Waals surface area contributed by atoms with Crippen molar-refractivity contribution in [2.75, 3.05) is 38.1 Å². The van der Waals surface area contributed by atoms with Crippen molar-refractivity contribution in [3.8, 4) is 0 Å². The Bertz CT molecular complexity index is 1230. The summed E-state index contributed by atoms with van der Waals surface area (Å²) in [7, 11) is 0. The van der Waals surface area contributed by atoms with Crippen molar-refractivity contribution < 1.29 is 14.6 Å². The van der Waals surface area contributed by atoms with Crippen molar-refractivity contribution in [3.63, 3.8) is 0 Å². The van der Waals surface area contributed by atoms with Gasteiger partial charge in [0.2, 0.25) is 12.4 Å². The van der Waals surface area contributed by atoms with Crippen molar-refractivity contribution in [3.05, 3.63) is 59.8 Å². The molecular formula is C27H35N7O3. The average Bonchev–Trinajstić information content (AvgIpc) is 3.59. The molecule has 1 aromatic carbocycles. The van der Waals surface area contributed by atoms with E-state index < -0.39 is 6.41 Å². The van der Waals surface area contributed by atoms with Gasteiger partial charge in [0, 0.05) is 55.3 Å². The topological polar surface area (TPSA) is 116 Å². The molecule has 10 nitrogen and oxygen atoms in total. The molecule has 1 saturated heterocycles. The first-order valence-electron chi connectivity index (χ1n) is 13.1. The Morgan fingerprint density at radius 2 is 2.16 bits per heavy atom. The molecular weight excluding hydrogens is 470 g/mol. The Kier molecular flexibility index (Phi) is 8.10. The molecule has 1 amide bonds. The summed E-state index contributed by atoms with van der Waals surface area (Å²) in [6.45, 7) is 5.39. The van der Waals surface area contributed by atoms with E-state index in [1.807, 2.05) is 54.4 Å². The third-order valence-electron chi connectivity index (χ3n) is 6.92. The second-order valence-corrected chi connectivity index (χ2v) is 9.42.